The first-order chi connectivity index (χ1) is 8.09. The Morgan fingerprint density at radius 1 is 1.17 bits per heavy atom. The standard InChI is InChI=1S/C14H27NO3/c1-8-10(4)18-12(16)11(9(2)3)15-13(17)14(5,6)7/h9-11H,8H2,1-7H3,(H,15,17)/t10-,11+/m1/s1. The Hall–Kier alpha value is -1.06. The molecule has 0 bridgehead atoms. The Kier molecular flexibility index (Phi) is 6.36. The van der Waals surface area contributed by atoms with Gasteiger partial charge >= 0.3 is 5.97 Å². The number of ether oxygens (including phenoxy) is 1. The van der Waals surface area contributed by atoms with Crippen LogP contribution in [0.5, 0.6) is 0 Å². The highest BCUT2D eigenvalue weighted by atomic mass is 16.5. The highest BCUT2D eigenvalue weighted by Crippen LogP contribution is 2.15. The zero-order chi connectivity index (χ0) is 14.5. The maximum Gasteiger partial charge on any atom is 0.329 e. The third-order valence-electron chi connectivity index (χ3n) is 2.78. The molecule has 0 aromatic carbocycles. The highest BCUT2D eigenvalue weighted by molar-refractivity contribution is 5.87. The Balaban J connectivity index is 4.68. The first kappa shape index (κ1) is 16.9. The first-order valence-electron chi connectivity index (χ1n) is 6.61. The van der Waals surface area contributed by atoms with Crippen LogP contribution in [0.15, 0.2) is 0 Å². The molecule has 0 fully saturated rings. The summed E-state index contributed by atoms with van der Waals surface area (Å²) < 4.78 is 5.28. The van der Waals surface area contributed by atoms with Crippen molar-refractivity contribution in [3.05, 3.63) is 0 Å². The summed E-state index contributed by atoms with van der Waals surface area (Å²) >= 11 is 0. The molecule has 4 heteroatoms. The molecule has 1 amide bonds. The van der Waals surface area contributed by atoms with Crippen molar-refractivity contribution < 1.29 is 14.3 Å². The molecule has 0 aliphatic carbocycles. The molecule has 0 aromatic heterocycles. The second kappa shape index (κ2) is 6.76. The van der Waals surface area contributed by atoms with Gasteiger partial charge in [-0.15, -0.1) is 0 Å². The summed E-state index contributed by atoms with van der Waals surface area (Å²) in [6, 6.07) is -0.578. The van der Waals surface area contributed by atoms with Gasteiger partial charge in [0, 0.05) is 5.41 Å². The predicted molar refractivity (Wildman–Crippen MR) is 72.1 cm³/mol. The fourth-order valence-electron chi connectivity index (χ4n) is 1.21. The molecule has 0 rings (SSSR count). The topological polar surface area (TPSA) is 55.4 Å². The minimum Gasteiger partial charge on any atom is -0.461 e. The smallest absolute Gasteiger partial charge is 0.329 e. The van der Waals surface area contributed by atoms with Gasteiger partial charge in [-0.3, -0.25) is 4.79 Å². The van der Waals surface area contributed by atoms with E-state index in [0.717, 1.165) is 6.42 Å². The number of amides is 1. The zero-order valence-corrected chi connectivity index (χ0v) is 12.7. The lowest BCUT2D eigenvalue weighted by Crippen LogP contribution is -2.49. The zero-order valence-electron chi connectivity index (χ0n) is 12.7. The largest absolute Gasteiger partial charge is 0.461 e. The molecule has 0 aromatic rings. The third kappa shape index (κ3) is 5.52. The van der Waals surface area contributed by atoms with Crippen LogP contribution in [0.3, 0.4) is 0 Å². The van der Waals surface area contributed by atoms with Gasteiger partial charge in [-0.05, 0) is 19.3 Å². The number of nitrogens with one attached hydrogen (secondary N) is 1. The van der Waals surface area contributed by atoms with Crippen LogP contribution in [0.2, 0.25) is 0 Å². The van der Waals surface area contributed by atoms with Gasteiger partial charge in [0.2, 0.25) is 5.91 Å². The molecule has 0 aliphatic rings. The number of carbonyl (C=O) groups is 2. The lowest BCUT2D eigenvalue weighted by atomic mass is 9.94. The van der Waals surface area contributed by atoms with Gasteiger partial charge in [0.25, 0.3) is 0 Å². The molecule has 1 N–H and O–H groups in total. The Bertz CT molecular complexity index is 292. The van der Waals surface area contributed by atoms with Crippen molar-refractivity contribution in [1.29, 1.82) is 0 Å². The van der Waals surface area contributed by atoms with Crippen molar-refractivity contribution in [3.63, 3.8) is 0 Å². The molecule has 18 heavy (non-hydrogen) atoms. The van der Waals surface area contributed by atoms with Crippen LogP contribution in [0, 0.1) is 11.3 Å². The fraction of sp³-hybridized carbons (Fsp3) is 0.857. The van der Waals surface area contributed by atoms with Crippen molar-refractivity contribution >= 4 is 11.9 Å². The average molecular weight is 257 g/mol. The second-order valence-corrected chi connectivity index (χ2v) is 6.10. The average Bonchev–Trinajstić information content (AvgIpc) is 2.22. The summed E-state index contributed by atoms with van der Waals surface area (Å²) in [5, 5.41) is 2.77. The van der Waals surface area contributed by atoms with Gasteiger partial charge in [0.05, 0.1) is 6.10 Å². The van der Waals surface area contributed by atoms with Crippen molar-refractivity contribution in [3.8, 4) is 0 Å². The summed E-state index contributed by atoms with van der Waals surface area (Å²) in [5.41, 5.74) is -0.510. The van der Waals surface area contributed by atoms with E-state index in [2.05, 4.69) is 5.32 Å². The SMILES string of the molecule is CC[C@@H](C)OC(=O)[C@@H](NC(=O)C(C)(C)C)C(C)C. The van der Waals surface area contributed by atoms with Crippen LogP contribution in [0.4, 0.5) is 0 Å². The van der Waals surface area contributed by atoms with Crippen LogP contribution >= 0.6 is 0 Å². The van der Waals surface area contributed by atoms with Crippen LogP contribution in [0.25, 0.3) is 0 Å². The van der Waals surface area contributed by atoms with Crippen molar-refractivity contribution in [1.82, 2.24) is 5.32 Å². The lowest BCUT2D eigenvalue weighted by Gasteiger charge is -2.26. The molecule has 0 aliphatic heterocycles. The summed E-state index contributed by atoms with van der Waals surface area (Å²) in [7, 11) is 0. The number of hydrogen-bond acceptors (Lipinski definition) is 3. The van der Waals surface area contributed by atoms with Crippen LogP contribution in [-0.2, 0) is 14.3 Å². The summed E-state index contributed by atoms with van der Waals surface area (Å²) in [6.45, 7) is 13.0. The Morgan fingerprint density at radius 3 is 2.00 bits per heavy atom. The van der Waals surface area contributed by atoms with E-state index < -0.39 is 11.5 Å². The van der Waals surface area contributed by atoms with E-state index in [-0.39, 0.29) is 23.9 Å². The van der Waals surface area contributed by atoms with Gasteiger partial charge in [0.1, 0.15) is 6.04 Å². The normalized spacial score (nSPS) is 15.1. The maximum atomic E-state index is 12.0. The molecule has 0 spiro atoms. The molecule has 0 saturated heterocycles. The third-order valence-corrected chi connectivity index (χ3v) is 2.78. The molecule has 0 heterocycles. The van der Waals surface area contributed by atoms with E-state index in [0.29, 0.717) is 0 Å². The minimum absolute atomic E-state index is 0.00727. The molecular formula is C14H27NO3. The van der Waals surface area contributed by atoms with Crippen molar-refractivity contribution in [2.24, 2.45) is 11.3 Å². The first-order valence-corrected chi connectivity index (χ1v) is 6.61. The number of esters is 1. The van der Waals surface area contributed by atoms with Crippen LogP contribution in [0.1, 0.15) is 54.9 Å². The van der Waals surface area contributed by atoms with Crippen molar-refractivity contribution in [2.45, 2.75) is 67.0 Å². The Labute approximate surface area is 110 Å². The molecule has 0 unspecified atom stereocenters. The summed E-state index contributed by atoms with van der Waals surface area (Å²) in [5.74, 6) is -0.480. The van der Waals surface area contributed by atoms with E-state index in [9.17, 15) is 9.59 Å². The quantitative estimate of drug-likeness (QED) is 0.770. The van der Waals surface area contributed by atoms with Crippen LogP contribution < -0.4 is 5.32 Å². The van der Waals surface area contributed by atoms with Crippen LogP contribution in [-0.4, -0.2) is 24.0 Å². The molecule has 0 saturated carbocycles. The summed E-state index contributed by atoms with van der Waals surface area (Å²) in [6.07, 6.45) is 0.648. The minimum atomic E-state index is -0.578. The number of carbonyl (C=O) groups excluding carboxylic acids is 2. The molecular weight excluding hydrogens is 230 g/mol. The molecule has 2 atom stereocenters. The van der Waals surface area contributed by atoms with E-state index in [1.165, 1.54) is 0 Å². The van der Waals surface area contributed by atoms with E-state index in [1.54, 1.807) is 0 Å². The van der Waals surface area contributed by atoms with Gasteiger partial charge in [-0.25, -0.2) is 4.79 Å². The number of hydrogen-bond donors (Lipinski definition) is 1. The highest BCUT2D eigenvalue weighted by Gasteiger charge is 2.30. The summed E-state index contributed by atoms with van der Waals surface area (Å²) in [4.78, 5) is 23.9. The number of rotatable bonds is 5. The van der Waals surface area contributed by atoms with Gasteiger partial charge in [0.15, 0.2) is 0 Å². The molecule has 106 valence electrons. The van der Waals surface area contributed by atoms with E-state index in [4.69, 9.17) is 4.74 Å². The Morgan fingerprint density at radius 2 is 1.67 bits per heavy atom. The molecule has 0 radical (unpaired) electrons. The van der Waals surface area contributed by atoms with E-state index in [1.807, 2.05) is 48.5 Å². The molecule has 4 nitrogen and oxygen atoms in total. The van der Waals surface area contributed by atoms with E-state index >= 15 is 0 Å². The lowest BCUT2D eigenvalue weighted by molar-refractivity contribution is -0.154. The maximum absolute atomic E-state index is 12.0. The van der Waals surface area contributed by atoms with Gasteiger partial charge in [-0.2, -0.15) is 0 Å². The van der Waals surface area contributed by atoms with Crippen molar-refractivity contribution in [2.75, 3.05) is 0 Å². The van der Waals surface area contributed by atoms with Gasteiger partial charge < -0.3 is 10.1 Å². The predicted octanol–water partition coefficient (Wildman–Crippen LogP) is 2.52. The fourth-order valence-corrected chi connectivity index (χ4v) is 1.21. The second-order valence-electron chi connectivity index (χ2n) is 6.10. The van der Waals surface area contributed by atoms with Gasteiger partial charge in [-0.1, -0.05) is 41.5 Å². The monoisotopic (exact) mass is 257 g/mol.